The monoisotopic (exact) mass is 574 g/mol. The summed E-state index contributed by atoms with van der Waals surface area (Å²) in [6.07, 6.45) is -9.11. The van der Waals surface area contributed by atoms with Crippen molar-refractivity contribution >= 4 is 33.7 Å². The normalized spacial score (nSPS) is 11.8. The number of esters is 1. The average molecular weight is 574 g/mol. The van der Waals surface area contributed by atoms with E-state index in [-0.39, 0.29) is 40.5 Å². The van der Waals surface area contributed by atoms with Gasteiger partial charge in [-0.05, 0) is 56.2 Å². The highest BCUT2D eigenvalue weighted by Crippen LogP contribution is 2.41. The Hall–Kier alpha value is -4.36. The number of nitrogens with one attached hydrogen (secondary N) is 2. The predicted octanol–water partition coefficient (Wildman–Crippen LogP) is 6.88. The van der Waals surface area contributed by atoms with Gasteiger partial charge in [0, 0.05) is 21.8 Å². The first-order valence-electron chi connectivity index (χ1n) is 11.5. The number of aromatic amines is 2. The van der Waals surface area contributed by atoms with Crippen molar-refractivity contribution in [3.8, 4) is 11.5 Å². The zero-order valence-corrected chi connectivity index (χ0v) is 21.8. The van der Waals surface area contributed by atoms with Gasteiger partial charge in [0.1, 0.15) is 22.9 Å². The minimum Gasteiger partial charge on any atom is -0.496 e. The number of aryl methyl sites for hydroxylation is 2. The molecule has 3 N–H and O–H groups in total. The molecule has 0 aliphatic carbocycles. The lowest BCUT2D eigenvalue weighted by atomic mass is 10.1. The highest BCUT2D eigenvalue weighted by Gasteiger charge is 2.36. The lowest BCUT2D eigenvalue weighted by molar-refractivity contribution is -0.139. The second-order valence-electron chi connectivity index (χ2n) is 8.47. The molecule has 0 aliphatic rings. The standard InChI is InChI=1S/C14H14F3NO3.C12H10F3NO3/c1-4-21-13(19)12-7(2)8-5-11(20-3)9(14(15,16)17)6-10(8)18-12;1-5-6-3-9(19-2)7(12(13,14)15)4-8(6)16-10(5)11(17)18/h5-6,18H,4H2,1-3H3;3-4,16H,1-2H3,(H,17,18). The van der Waals surface area contributed by atoms with Crippen LogP contribution in [0.4, 0.5) is 26.3 Å². The maximum atomic E-state index is 13.0. The first-order valence-corrected chi connectivity index (χ1v) is 11.5. The number of benzene rings is 2. The van der Waals surface area contributed by atoms with Crippen LogP contribution in [0.25, 0.3) is 21.8 Å². The van der Waals surface area contributed by atoms with Gasteiger partial charge in [0.25, 0.3) is 0 Å². The Morgan fingerprint density at radius 2 is 1.18 bits per heavy atom. The Morgan fingerprint density at radius 3 is 1.52 bits per heavy atom. The number of hydrogen-bond acceptors (Lipinski definition) is 5. The molecule has 4 aromatic rings. The summed E-state index contributed by atoms with van der Waals surface area (Å²) in [6.45, 7) is 5.00. The first-order chi connectivity index (χ1) is 18.5. The van der Waals surface area contributed by atoms with Crippen LogP contribution in [-0.2, 0) is 17.1 Å². The Bertz CT molecular complexity index is 1580. The van der Waals surface area contributed by atoms with Gasteiger partial charge in [0.2, 0.25) is 0 Å². The highest BCUT2D eigenvalue weighted by molar-refractivity contribution is 5.99. The quantitative estimate of drug-likeness (QED) is 0.177. The molecular weight excluding hydrogens is 550 g/mol. The molecule has 2 aromatic heterocycles. The first kappa shape index (κ1) is 30.2. The number of aromatic carboxylic acids is 1. The van der Waals surface area contributed by atoms with E-state index in [1.54, 1.807) is 13.8 Å². The van der Waals surface area contributed by atoms with Crippen molar-refractivity contribution in [2.75, 3.05) is 20.8 Å². The SMILES string of the molecule is CCOC(=O)c1[nH]c2cc(C(F)(F)F)c(OC)cc2c1C.COc1cc2c(C)c(C(=O)O)[nH]c2cc1C(F)(F)F. The third-order valence-corrected chi connectivity index (χ3v) is 6.06. The molecule has 0 saturated carbocycles. The van der Waals surface area contributed by atoms with Crippen molar-refractivity contribution in [1.82, 2.24) is 9.97 Å². The summed E-state index contributed by atoms with van der Waals surface area (Å²) in [4.78, 5) is 27.9. The highest BCUT2D eigenvalue weighted by atomic mass is 19.4. The molecule has 2 heterocycles. The van der Waals surface area contributed by atoms with Crippen LogP contribution in [0.2, 0.25) is 0 Å². The fourth-order valence-corrected chi connectivity index (χ4v) is 4.12. The summed E-state index contributed by atoms with van der Waals surface area (Å²) >= 11 is 0. The average Bonchev–Trinajstić information content (AvgIpc) is 3.38. The lowest BCUT2D eigenvalue weighted by Gasteiger charge is -2.12. The molecule has 8 nitrogen and oxygen atoms in total. The van der Waals surface area contributed by atoms with E-state index >= 15 is 0 Å². The van der Waals surface area contributed by atoms with Gasteiger partial charge in [-0.1, -0.05) is 0 Å². The number of ether oxygens (including phenoxy) is 3. The molecule has 0 bridgehead atoms. The van der Waals surface area contributed by atoms with Gasteiger partial charge in [-0.25, -0.2) is 9.59 Å². The van der Waals surface area contributed by atoms with Crippen molar-refractivity contribution in [1.29, 1.82) is 0 Å². The van der Waals surface area contributed by atoms with E-state index in [9.17, 15) is 35.9 Å². The van der Waals surface area contributed by atoms with E-state index in [4.69, 9.17) is 19.3 Å². The molecule has 0 fully saturated rings. The zero-order valence-electron chi connectivity index (χ0n) is 21.8. The van der Waals surface area contributed by atoms with Crippen molar-refractivity contribution in [3.05, 3.63) is 57.9 Å². The summed E-state index contributed by atoms with van der Waals surface area (Å²) in [7, 11) is 2.31. The molecule has 4 rings (SSSR count). The Kier molecular flexibility index (Phi) is 8.32. The number of rotatable bonds is 5. The van der Waals surface area contributed by atoms with Gasteiger partial charge >= 0.3 is 24.3 Å². The Labute approximate surface area is 222 Å². The molecule has 40 heavy (non-hydrogen) atoms. The molecule has 0 radical (unpaired) electrons. The van der Waals surface area contributed by atoms with Crippen molar-refractivity contribution in [3.63, 3.8) is 0 Å². The molecule has 14 heteroatoms. The Balaban J connectivity index is 0.000000222. The number of methoxy groups -OCH3 is 2. The summed E-state index contributed by atoms with van der Waals surface area (Å²) in [5, 5.41) is 9.82. The van der Waals surface area contributed by atoms with Gasteiger partial charge in [0.05, 0.1) is 32.0 Å². The van der Waals surface area contributed by atoms with Crippen molar-refractivity contribution in [2.45, 2.75) is 33.1 Å². The van der Waals surface area contributed by atoms with E-state index in [1.807, 2.05) is 0 Å². The summed E-state index contributed by atoms with van der Waals surface area (Å²) in [5.74, 6) is -2.44. The molecule has 0 unspecified atom stereocenters. The molecule has 0 aliphatic heterocycles. The maximum Gasteiger partial charge on any atom is 0.420 e. The van der Waals surface area contributed by atoms with Crippen LogP contribution in [-0.4, -0.2) is 47.8 Å². The van der Waals surface area contributed by atoms with Crippen LogP contribution >= 0.6 is 0 Å². The van der Waals surface area contributed by atoms with E-state index in [2.05, 4.69) is 9.97 Å². The van der Waals surface area contributed by atoms with Gasteiger partial charge in [-0.3, -0.25) is 0 Å². The molecule has 0 amide bonds. The molecule has 0 atom stereocenters. The number of halogens is 6. The number of carboxylic acids is 1. The largest absolute Gasteiger partial charge is 0.496 e. The molecule has 0 spiro atoms. The van der Waals surface area contributed by atoms with E-state index in [1.165, 1.54) is 26.2 Å². The lowest BCUT2D eigenvalue weighted by Crippen LogP contribution is -2.07. The second-order valence-corrected chi connectivity index (χ2v) is 8.47. The van der Waals surface area contributed by atoms with Crippen molar-refractivity contribution in [2.24, 2.45) is 0 Å². The number of hydrogen-bond donors (Lipinski definition) is 3. The topological polar surface area (TPSA) is 114 Å². The van der Waals surface area contributed by atoms with Gasteiger partial charge in [-0.15, -0.1) is 0 Å². The molecule has 0 saturated heterocycles. The predicted molar refractivity (Wildman–Crippen MR) is 132 cm³/mol. The van der Waals surface area contributed by atoms with Crippen molar-refractivity contribution < 1.29 is 55.2 Å². The molecule has 2 aromatic carbocycles. The minimum absolute atomic E-state index is 0.114. The van der Waals surface area contributed by atoms with E-state index in [0.29, 0.717) is 21.9 Å². The van der Waals surface area contributed by atoms with Crippen LogP contribution in [0.5, 0.6) is 11.5 Å². The number of alkyl halides is 6. The smallest absolute Gasteiger partial charge is 0.420 e. The van der Waals surface area contributed by atoms with E-state index < -0.39 is 35.4 Å². The molecule has 216 valence electrons. The maximum absolute atomic E-state index is 13.0. The summed E-state index contributed by atoms with van der Waals surface area (Å²) in [6, 6.07) is 4.25. The second kappa shape index (κ2) is 11.0. The zero-order chi connectivity index (χ0) is 30.2. The van der Waals surface area contributed by atoms with Crippen LogP contribution < -0.4 is 9.47 Å². The van der Waals surface area contributed by atoms with Gasteiger partial charge < -0.3 is 29.3 Å². The van der Waals surface area contributed by atoms with Crippen LogP contribution in [0.1, 0.15) is 50.2 Å². The Morgan fingerprint density at radius 1 is 0.775 bits per heavy atom. The fraction of sp³-hybridized carbons (Fsp3) is 0.308. The van der Waals surface area contributed by atoms with Crippen LogP contribution in [0, 0.1) is 13.8 Å². The van der Waals surface area contributed by atoms with Crippen LogP contribution in [0.15, 0.2) is 24.3 Å². The fourth-order valence-electron chi connectivity index (χ4n) is 4.12. The van der Waals surface area contributed by atoms with Gasteiger partial charge in [0.15, 0.2) is 0 Å². The molecular formula is C26H24F6N2O6. The summed E-state index contributed by atoms with van der Waals surface area (Å²) in [5.41, 5.74) is -0.601. The summed E-state index contributed by atoms with van der Waals surface area (Å²) < 4.78 is 91.7. The third kappa shape index (κ3) is 5.80. The van der Waals surface area contributed by atoms with E-state index in [0.717, 1.165) is 19.2 Å². The van der Waals surface area contributed by atoms with Gasteiger partial charge in [-0.2, -0.15) is 26.3 Å². The number of H-pyrrole nitrogens is 2. The number of carbonyl (C=O) groups is 2. The number of aromatic nitrogens is 2. The number of fused-ring (bicyclic) bond motifs is 2. The third-order valence-electron chi connectivity index (χ3n) is 6.06. The number of carbonyl (C=O) groups excluding carboxylic acids is 1. The van der Waals surface area contributed by atoms with Crippen LogP contribution in [0.3, 0.4) is 0 Å². The minimum atomic E-state index is -4.57. The number of carboxylic acid groups (broad SMARTS) is 1.